The second kappa shape index (κ2) is 11.5. The van der Waals surface area contributed by atoms with Gasteiger partial charge in [-0.25, -0.2) is 0 Å². The maximum Gasteiger partial charge on any atom is 0.191 e. The van der Waals surface area contributed by atoms with Gasteiger partial charge in [0.15, 0.2) is 5.96 Å². The summed E-state index contributed by atoms with van der Waals surface area (Å²) < 4.78 is 2.09. The van der Waals surface area contributed by atoms with Gasteiger partial charge in [0.25, 0.3) is 0 Å². The van der Waals surface area contributed by atoms with E-state index in [-0.39, 0.29) is 29.4 Å². The van der Waals surface area contributed by atoms with Crippen LogP contribution in [-0.2, 0) is 18.4 Å². The Morgan fingerprint density at radius 1 is 1.21 bits per heavy atom. The molecule has 0 unspecified atom stereocenters. The van der Waals surface area contributed by atoms with Crippen molar-refractivity contribution in [2.75, 3.05) is 20.1 Å². The van der Waals surface area contributed by atoms with Crippen LogP contribution in [-0.4, -0.2) is 40.9 Å². The van der Waals surface area contributed by atoms with Crippen molar-refractivity contribution in [3.63, 3.8) is 0 Å². The molecule has 0 atom stereocenters. The van der Waals surface area contributed by atoms with Gasteiger partial charge in [0.1, 0.15) is 12.2 Å². The third-order valence-corrected chi connectivity index (χ3v) is 5.92. The number of hydrogen-bond acceptors (Lipinski definition) is 3. The highest BCUT2D eigenvalue weighted by atomic mass is 127. The molecule has 1 aliphatic carbocycles. The molecular weight excluding hydrogens is 475 g/mol. The molecule has 7 heteroatoms. The number of aliphatic imine (C=N–C) groups is 1. The van der Waals surface area contributed by atoms with E-state index in [4.69, 9.17) is 0 Å². The van der Waals surface area contributed by atoms with Crippen LogP contribution in [0.2, 0.25) is 0 Å². The van der Waals surface area contributed by atoms with Crippen molar-refractivity contribution in [1.82, 2.24) is 25.4 Å². The summed E-state index contributed by atoms with van der Waals surface area (Å²) in [6.45, 7) is 6.83. The number of benzene rings is 1. The quantitative estimate of drug-likeness (QED) is 0.338. The minimum Gasteiger partial charge on any atom is -0.356 e. The van der Waals surface area contributed by atoms with Crippen LogP contribution in [0.4, 0.5) is 0 Å². The highest BCUT2D eigenvalue weighted by Gasteiger charge is 2.34. The van der Waals surface area contributed by atoms with E-state index in [1.165, 1.54) is 43.2 Å². The van der Waals surface area contributed by atoms with Gasteiger partial charge in [0.2, 0.25) is 0 Å². The Labute approximate surface area is 192 Å². The Kier molecular flexibility index (Phi) is 9.39. The summed E-state index contributed by atoms with van der Waals surface area (Å²) in [6.07, 6.45) is 9.11. The van der Waals surface area contributed by atoms with Crippen LogP contribution in [0.5, 0.6) is 0 Å². The second-order valence-electron chi connectivity index (χ2n) is 7.86. The molecule has 1 aliphatic rings. The van der Waals surface area contributed by atoms with Crippen molar-refractivity contribution < 1.29 is 0 Å². The van der Waals surface area contributed by atoms with Gasteiger partial charge in [-0.15, -0.1) is 34.2 Å². The summed E-state index contributed by atoms with van der Waals surface area (Å²) in [6, 6.07) is 9.04. The van der Waals surface area contributed by atoms with E-state index in [9.17, 15) is 0 Å². The molecule has 1 aromatic carbocycles. The molecule has 2 N–H and O–H groups in total. The minimum absolute atomic E-state index is 0. The van der Waals surface area contributed by atoms with Crippen molar-refractivity contribution >= 4 is 29.9 Å². The third kappa shape index (κ3) is 6.17. The molecule has 0 spiro atoms. The molecule has 0 bridgehead atoms. The van der Waals surface area contributed by atoms with Gasteiger partial charge in [0.05, 0.1) is 0 Å². The lowest BCUT2D eigenvalue weighted by molar-refractivity contribution is 0.291. The zero-order valence-electron chi connectivity index (χ0n) is 17.9. The molecule has 2 aromatic rings. The van der Waals surface area contributed by atoms with Crippen LogP contribution in [0, 0.1) is 6.92 Å². The maximum absolute atomic E-state index is 4.43. The number of halogens is 1. The molecule has 29 heavy (non-hydrogen) atoms. The zero-order chi connectivity index (χ0) is 19.8. The normalized spacial score (nSPS) is 16.2. The molecule has 1 saturated carbocycles. The predicted molar refractivity (Wildman–Crippen MR) is 130 cm³/mol. The molecule has 0 saturated heterocycles. The Morgan fingerprint density at radius 2 is 2.00 bits per heavy atom. The molecule has 3 rings (SSSR count). The van der Waals surface area contributed by atoms with Crippen LogP contribution < -0.4 is 10.6 Å². The van der Waals surface area contributed by atoms with E-state index in [0.717, 1.165) is 37.8 Å². The molecule has 0 amide bonds. The lowest BCUT2D eigenvalue weighted by atomic mass is 9.69. The summed E-state index contributed by atoms with van der Waals surface area (Å²) >= 11 is 0. The lowest BCUT2D eigenvalue weighted by Gasteiger charge is -2.38. The number of rotatable bonds is 7. The number of guanidine groups is 1. The van der Waals surface area contributed by atoms with Crippen LogP contribution in [0.15, 0.2) is 35.6 Å². The van der Waals surface area contributed by atoms with Crippen LogP contribution >= 0.6 is 24.0 Å². The molecule has 0 aliphatic heterocycles. The maximum atomic E-state index is 4.43. The Balaban J connectivity index is 0.00000300. The lowest BCUT2D eigenvalue weighted by Crippen LogP contribution is -2.47. The van der Waals surface area contributed by atoms with E-state index >= 15 is 0 Å². The zero-order valence-corrected chi connectivity index (χ0v) is 20.3. The largest absolute Gasteiger partial charge is 0.356 e. The monoisotopic (exact) mass is 510 g/mol. The van der Waals surface area contributed by atoms with E-state index < -0.39 is 0 Å². The van der Waals surface area contributed by atoms with Gasteiger partial charge in [-0.05, 0) is 25.3 Å². The Hall–Kier alpha value is -1.64. The fourth-order valence-corrected chi connectivity index (χ4v) is 4.28. The summed E-state index contributed by atoms with van der Waals surface area (Å²) in [5.41, 5.74) is 3.00. The molecule has 0 radical (unpaired) electrons. The number of nitrogens with zero attached hydrogens (tertiary/aromatic N) is 4. The first-order valence-corrected chi connectivity index (χ1v) is 10.6. The van der Waals surface area contributed by atoms with Gasteiger partial charge >= 0.3 is 0 Å². The van der Waals surface area contributed by atoms with Crippen molar-refractivity contribution in [1.29, 1.82) is 0 Å². The number of aryl methyl sites for hydroxylation is 2. The molecule has 1 fully saturated rings. The van der Waals surface area contributed by atoms with Crippen LogP contribution in [0.25, 0.3) is 0 Å². The Bertz CT molecular complexity index is 779. The SMILES string of the molecule is CCc1nncn1CCNC(=NC)NCC1(c2cccc(C)c2)CCCCC1.I. The van der Waals surface area contributed by atoms with Gasteiger partial charge < -0.3 is 15.2 Å². The first kappa shape index (κ1) is 23.6. The summed E-state index contributed by atoms with van der Waals surface area (Å²) in [5.74, 6) is 1.88. The fourth-order valence-electron chi connectivity index (χ4n) is 4.28. The Morgan fingerprint density at radius 3 is 2.69 bits per heavy atom. The standard InChI is InChI=1S/C22H34N6.HI/c1-4-20-27-26-17-28(20)14-13-24-21(23-3)25-16-22(11-6-5-7-12-22)19-10-8-9-18(2)15-19;/h8-10,15,17H,4-7,11-14,16H2,1-3H3,(H2,23,24,25);1H. The van der Waals surface area contributed by atoms with Gasteiger partial charge in [-0.1, -0.05) is 56.0 Å². The highest BCUT2D eigenvalue weighted by Crippen LogP contribution is 2.39. The van der Waals surface area contributed by atoms with Crippen molar-refractivity contribution in [2.24, 2.45) is 4.99 Å². The van der Waals surface area contributed by atoms with E-state index in [2.05, 4.69) is 68.5 Å². The number of nitrogens with one attached hydrogen (secondary N) is 2. The van der Waals surface area contributed by atoms with E-state index in [1.54, 1.807) is 6.33 Å². The van der Waals surface area contributed by atoms with Crippen molar-refractivity contribution in [3.05, 3.63) is 47.5 Å². The van der Waals surface area contributed by atoms with E-state index in [1.807, 2.05) is 7.05 Å². The summed E-state index contributed by atoms with van der Waals surface area (Å²) in [4.78, 5) is 4.43. The molecule has 1 heterocycles. The molecule has 6 nitrogen and oxygen atoms in total. The highest BCUT2D eigenvalue weighted by molar-refractivity contribution is 14.0. The van der Waals surface area contributed by atoms with Gasteiger partial charge in [0, 0.05) is 38.5 Å². The molecular formula is C22H35IN6. The van der Waals surface area contributed by atoms with Gasteiger partial charge in [-0.3, -0.25) is 4.99 Å². The van der Waals surface area contributed by atoms with E-state index in [0.29, 0.717) is 0 Å². The average Bonchev–Trinajstić information content (AvgIpc) is 3.18. The first-order chi connectivity index (χ1) is 13.7. The summed E-state index contributed by atoms with van der Waals surface area (Å²) in [5, 5.41) is 15.2. The van der Waals surface area contributed by atoms with Crippen molar-refractivity contribution in [2.45, 2.75) is 64.3 Å². The predicted octanol–water partition coefficient (Wildman–Crippen LogP) is 3.83. The summed E-state index contributed by atoms with van der Waals surface area (Å²) in [7, 11) is 1.84. The van der Waals surface area contributed by atoms with Crippen LogP contribution in [0.3, 0.4) is 0 Å². The van der Waals surface area contributed by atoms with Gasteiger partial charge in [-0.2, -0.15) is 0 Å². The first-order valence-electron chi connectivity index (χ1n) is 10.6. The smallest absolute Gasteiger partial charge is 0.191 e. The number of hydrogen-bond donors (Lipinski definition) is 2. The van der Waals surface area contributed by atoms with Crippen LogP contribution in [0.1, 0.15) is 56.0 Å². The second-order valence-corrected chi connectivity index (χ2v) is 7.86. The van der Waals surface area contributed by atoms with Crippen molar-refractivity contribution in [3.8, 4) is 0 Å². The third-order valence-electron chi connectivity index (χ3n) is 5.92. The average molecular weight is 510 g/mol. The molecule has 160 valence electrons. The minimum atomic E-state index is 0. The fraction of sp³-hybridized carbons (Fsp3) is 0.591. The number of aromatic nitrogens is 3. The topological polar surface area (TPSA) is 67.1 Å². The molecule has 1 aromatic heterocycles.